The fraction of sp³-hybridized carbons (Fsp3) is 0.867. The van der Waals surface area contributed by atoms with Crippen LogP contribution in [0.4, 0.5) is 0 Å². The molecule has 0 atom stereocenters. The first-order valence-electron chi connectivity index (χ1n) is 7.58. The highest BCUT2D eigenvalue weighted by Gasteiger charge is 2.39. The van der Waals surface area contributed by atoms with Gasteiger partial charge in [-0.05, 0) is 19.8 Å². The topological polar surface area (TPSA) is 54.4 Å². The van der Waals surface area contributed by atoms with Crippen LogP contribution in [0.15, 0.2) is 0 Å². The Morgan fingerprint density at radius 3 is 2.16 bits per heavy atom. The number of piperidine rings is 1. The molecule has 0 radical (unpaired) electrons. The van der Waals surface area contributed by atoms with E-state index in [2.05, 4.69) is 0 Å². The van der Waals surface area contributed by atoms with E-state index in [1.54, 1.807) is 6.92 Å². The minimum atomic E-state index is -0.695. The van der Waals surface area contributed by atoms with Crippen LogP contribution in [0.3, 0.4) is 0 Å². The van der Waals surface area contributed by atoms with Crippen LogP contribution in [0, 0.1) is 11.8 Å². The van der Waals surface area contributed by atoms with Crippen molar-refractivity contribution in [1.82, 2.24) is 0 Å². The van der Waals surface area contributed by atoms with Gasteiger partial charge in [0.05, 0.1) is 19.6 Å². The lowest BCUT2D eigenvalue weighted by molar-refractivity contribution is -0.929. The molecule has 4 heteroatoms. The maximum atomic E-state index is 11.5. The molecule has 0 bridgehead atoms. The van der Waals surface area contributed by atoms with E-state index < -0.39 is 5.97 Å². The van der Waals surface area contributed by atoms with Crippen molar-refractivity contribution in [3.05, 3.63) is 0 Å². The third kappa shape index (κ3) is 3.78. The molecule has 0 aromatic carbocycles. The van der Waals surface area contributed by atoms with Crippen molar-refractivity contribution in [2.75, 3.05) is 26.2 Å². The summed E-state index contributed by atoms with van der Waals surface area (Å²) in [4.78, 5) is 22.6. The molecular weight excluding hydrogens is 242 g/mol. The maximum absolute atomic E-state index is 11.5. The number of ketones is 1. The summed E-state index contributed by atoms with van der Waals surface area (Å²) in [5.74, 6) is 0.449. The number of hydrogen-bond donors (Lipinski definition) is 1. The molecule has 0 amide bonds. The normalized spacial score (nSPS) is 32.4. The molecule has 1 saturated heterocycles. The third-order valence-corrected chi connectivity index (χ3v) is 5.07. The number of carbonyl (C=O) groups is 2. The Labute approximate surface area is 115 Å². The van der Waals surface area contributed by atoms with Gasteiger partial charge in [0.2, 0.25) is 0 Å². The Morgan fingerprint density at radius 1 is 1.11 bits per heavy atom. The third-order valence-electron chi connectivity index (χ3n) is 5.07. The fourth-order valence-electron chi connectivity index (χ4n) is 3.95. The fourth-order valence-corrected chi connectivity index (χ4v) is 3.95. The Kier molecular flexibility index (Phi) is 4.61. The Hall–Kier alpha value is -0.900. The minimum Gasteiger partial charge on any atom is -0.477 e. The van der Waals surface area contributed by atoms with Gasteiger partial charge < -0.3 is 9.59 Å². The summed E-state index contributed by atoms with van der Waals surface area (Å²) in [5, 5.41) is 9.20. The van der Waals surface area contributed by atoms with E-state index in [1.807, 2.05) is 0 Å². The van der Waals surface area contributed by atoms with Crippen molar-refractivity contribution >= 4 is 11.8 Å². The average molecular weight is 268 g/mol. The van der Waals surface area contributed by atoms with Crippen molar-refractivity contribution < 1.29 is 19.2 Å². The lowest BCUT2D eigenvalue weighted by Crippen LogP contribution is -2.57. The molecule has 1 heterocycles. The summed E-state index contributed by atoms with van der Waals surface area (Å²) in [7, 11) is 0. The van der Waals surface area contributed by atoms with Crippen LogP contribution in [0.2, 0.25) is 0 Å². The first kappa shape index (κ1) is 14.5. The molecule has 4 nitrogen and oxygen atoms in total. The highest BCUT2D eigenvalue weighted by atomic mass is 16.4. The van der Waals surface area contributed by atoms with Gasteiger partial charge in [-0.1, -0.05) is 12.8 Å². The van der Waals surface area contributed by atoms with Gasteiger partial charge in [0, 0.05) is 24.7 Å². The van der Waals surface area contributed by atoms with Gasteiger partial charge in [-0.15, -0.1) is 0 Å². The van der Waals surface area contributed by atoms with Crippen LogP contribution in [0.5, 0.6) is 0 Å². The van der Waals surface area contributed by atoms with Crippen LogP contribution < -0.4 is 0 Å². The Balaban J connectivity index is 1.99. The first-order chi connectivity index (χ1) is 9.01. The molecule has 2 rings (SSSR count). The SMILES string of the molecule is CC(=O)C1CC[N+](CC(=O)O)(CC2CCCC2)CC1. The molecular formula is C15H26NO3+. The number of carboxylic acids is 1. The van der Waals surface area contributed by atoms with Gasteiger partial charge in [0.15, 0.2) is 6.54 Å². The van der Waals surface area contributed by atoms with Gasteiger partial charge in [-0.3, -0.25) is 4.79 Å². The minimum absolute atomic E-state index is 0.170. The molecule has 108 valence electrons. The van der Waals surface area contributed by atoms with Crippen LogP contribution in [-0.2, 0) is 9.59 Å². The standard InChI is InChI=1S/C15H25NO3/c1-12(17)14-6-8-16(9-7-14,11-15(18)19)10-13-4-2-3-5-13/h13-14H,2-11H2,1H3/p+1. The lowest BCUT2D eigenvalue weighted by Gasteiger charge is -2.43. The van der Waals surface area contributed by atoms with Crippen LogP contribution >= 0.6 is 0 Å². The van der Waals surface area contributed by atoms with Gasteiger partial charge in [0.1, 0.15) is 5.78 Å². The monoisotopic (exact) mass is 268 g/mol. The average Bonchev–Trinajstić information content (AvgIpc) is 2.81. The zero-order valence-corrected chi connectivity index (χ0v) is 11.9. The second-order valence-corrected chi connectivity index (χ2v) is 6.56. The lowest BCUT2D eigenvalue weighted by atomic mass is 9.90. The van der Waals surface area contributed by atoms with E-state index in [4.69, 9.17) is 0 Å². The van der Waals surface area contributed by atoms with Gasteiger partial charge >= 0.3 is 5.97 Å². The van der Waals surface area contributed by atoms with Crippen LogP contribution in [0.25, 0.3) is 0 Å². The summed E-state index contributed by atoms with van der Waals surface area (Å²) in [5.41, 5.74) is 0. The number of quaternary nitrogens is 1. The molecule has 1 aliphatic heterocycles. The van der Waals surface area contributed by atoms with Gasteiger partial charge in [-0.25, -0.2) is 4.79 Å². The Bertz CT molecular complexity index is 339. The summed E-state index contributed by atoms with van der Waals surface area (Å²) < 4.78 is 0.712. The van der Waals surface area contributed by atoms with Crippen molar-refractivity contribution in [2.24, 2.45) is 11.8 Å². The molecule has 2 aliphatic rings. The van der Waals surface area contributed by atoms with E-state index in [0.29, 0.717) is 10.4 Å². The second-order valence-electron chi connectivity index (χ2n) is 6.56. The quantitative estimate of drug-likeness (QED) is 0.777. The summed E-state index contributed by atoms with van der Waals surface area (Å²) in [6.45, 7) is 4.65. The smallest absolute Gasteiger partial charge is 0.359 e. The largest absolute Gasteiger partial charge is 0.477 e. The zero-order chi connectivity index (χ0) is 13.9. The molecule has 0 unspecified atom stereocenters. The van der Waals surface area contributed by atoms with Crippen LogP contribution in [-0.4, -0.2) is 47.5 Å². The zero-order valence-electron chi connectivity index (χ0n) is 11.9. The van der Waals surface area contributed by atoms with Crippen molar-refractivity contribution in [2.45, 2.75) is 45.4 Å². The molecule has 19 heavy (non-hydrogen) atoms. The molecule has 0 aromatic rings. The maximum Gasteiger partial charge on any atom is 0.359 e. The summed E-state index contributed by atoms with van der Waals surface area (Å²) in [6, 6.07) is 0. The van der Waals surface area contributed by atoms with E-state index in [-0.39, 0.29) is 18.2 Å². The predicted molar refractivity (Wildman–Crippen MR) is 72.7 cm³/mol. The number of rotatable bonds is 5. The summed E-state index contributed by atoms with van der Waals surface area (Å²) in [6.07, 6.45) is 6.86. The summed E-state index contributed by atoms with van der Waals surface area (Å²) >= 11 is 0. The molecule has 1 saturated carbocycles. The number of hydrogen-bond acceptors (Lipinski definition) is 2. The highest BCUT2D eigenvalue weighted by molar-refractivity contribution is 5.78. The number of nitrogens with zero attached hydrogens (tertiary/aromatic N) is 1. The molecule has 1 N–H and O–H groups in total. The van der Waals surface area contributed by atoms with Crippen molar-refractivity contribution in [1.29, 1.82) is 0 Å². The van der Waals surface area contributed by atoms with Gasteiger partial charge in [0.25, 0.3) is 0 Å². The number of likely N-dealkylation sites (tertiary alicyclic amines) is 1. The number of Topliss-reactive ketones (excluding diaryl/α,β-unsaturated/α-hetero) is 1. The van der Waals surface area contributed by atoms with Crippen molar-refractivity contribution in [3.8, 4) is 0 Å². The molecule has 0 aromatic heterocycles. The van der Waals surface area contributed by atoms with Gasteiger partial charge in [-0.2, -0.15) is 0 Å². The molecule has 1 aliphatic carbocycles. The number of aliphatic carboxylic acids is 1. The first-order valence-corrected chi connectivity index (χ1v) is 7.58. The second kappa shape index (κ2) is 6.04. The molecule has 0 spiro atoms. The number of carbonyl (C=O) groups excluding carboxylic acids is 1. The van der Waals surface area contributed by atoms with Crippen LogP contribution in [0.1, 0.15) is 45.4 Å². The predicted octanol–water partition coefficient (Wildman–Crippen LogP) is 2.08. The Morgan fingerprint density at radius 2 is 1.68 bits per heavy atom. The number of carboxylic acid groups (broad SMARTS) is 1. The van der Waals surface area contributed by atoms with E-state index >= 15 is 0 Å². The van der Waals surface area contributed by atoms with Crippen molar-refractivity contribution in [3.63, 3.8) is 0 Å². The molecule has 2 fully saturated rings. The van der Waals surface area contributed by atoms with E-state index in [9.17, 15) is 14.7 Å². The van der Waals surface area contributed by atoms with E-state index in [1.165, 1.54) is 25.7 Å². The highest BCUT2D eigenvalue weighted by Crippen LogP contribution is 2.31. The van der Waals surface area contributed by atoms with E-state index in [0.717, 1.165) is 32.5 Å².